The van der Waals surface area contributed by atoms with Crippen molar-refractivity contribution >= 4 is 49.7 Å². The van der Waals surface area contributed by atoms with Gasteiger partial charge >= 0.3 is 0 Å². The molecule has 3 aromatic rings. The highest BCUT2D eigenvalue weighted by Crippen LogP contribution is 2.26. The Bertz CT molecular complexity index is 1240. The first-order valence-electron chi connectivity index (χ1n) is 10.5. The molecule has 1 N–H and O–H groups in total. The maximum atomic E-state index is 12.7. The Morgan fingerprint density at radius 2 is 1.84 bits per heavy atom. The first-order chi connectivity index (χ1) is 15.4. The van der Waals surface area contributed by atoms with Crippen molar-refractivity contribution < 1.29 is 13.2 Å². The molecule has 2 heterocycles. The van der Waals surface area contributed by atoms with Crippen molar-refractivity contribution in [1.82, 2.24) is 9.29 Å². The van der Waals surface area contributed by atoms with Crippen molar-refractivity contribution in [2.24, 2.45) is 0 Å². The molecule has 1 aromatic heterocycles. The molecule has 1 saturated heterocycles. The van der Waals surface area contributed by atoms with Crippen LogP contribution in [0.4, 0.5) is 11.4 Å². The fraction of sp³-hybridized carbons (Fsp3) is 0.304. The van der Waals surface area contributed by atoms with E-state index in [-0.39, 0.29) is 18.1 Å². The van der Waals surface area contributed by atoms with Crippen LogP contribution in [0.2, 0.25) is 5.02 Å². The number of hydrogen-bond donors (Lipinski definition) is 1. The van der Waals surface area contributed by atoms with Crippen LogP contribution >= 0.6 is 11.6 Å². The van der Waals surface area contributed by atoms with E-state index in [9.17, 15) is 13.2 Å². The van der Waals surface area contributed by atoms with Gasteiger partial charge in [0.15, 0.2) is 0 Å². The number of hydrogen-bond acceptors (Lipinski definition) is 5. The summed E-state index contributed by atoms with van der Waals surface area (Å²) in [6.45, 7) is 3.68. The van der Waals surface area contributed by atoms with Gasteiger partial charge in [-0.2, -0.15) is 4.31 Å². The van der Waals surface area contributed by atoms with Gasteiger partial charge in [-0.05, 0) is 30.7 Å². The van der Waals surface area contributed by atoms with Crippen LogP contribution in [0.15, 0.2) is 54.9 Å². The number of benzene rings is 2. The standard InChI is InChI=1S/C23H25ClN4O3S/c1-2-32(30,31)28-9-7-27(8-10-28)20-12-17(11-19(24)14-20)13-23(29)26-22-16-25-15-18-5-3-4-6-21(18)22/h3-6,11-12,14-16H,2,7-10,13H2,1H3,(H,26,29). The maximum absolute atomic E-state index is 12.7. The SMILES string of the molecule is CCS(=O)(=O)N1CCN(c2cc(Cl)cc(CC(=O)Nc3cncc4ccccc34)c2)CC1. The van der Waals surface area contributed by atoms with Gasteiger partial charge in [-0.15, -0.1) is 0 Å². The summed E-state index contributed by atoms with van der Waals surface area (Å²) >= 11 is 6.34. The number of carbonyl (C=O) groups is 1. The van der Waals surface area contributed by atoms with E-state index >= 15 is 0 Å². The van der Waals surface area contributed by atoms with Crippen LogP contribution in [0.3, 0.4) is 0 Å². The predicted molar refractivity (Wildman–Crippen MR) is 129 cm³/mol. The number of amides is 1. The number of rotatable bonds is 6. The van der Waals surface area contributed by atoms with Crippen molar-refractivity contribution in [2.75, 3.05) is 42.1 Å². The van der Waals surface area contributed by atoms with Gasteiger partial charge in [0.2, 0.25) is 15.9 Å². The summed E-state index contributed by atoms with van der Waals surface area (Å²) in [6.07, 6.45) is 3.58. The number of carbonyl (C=O) groups excluding carboxylic acids is 1. The van der Waals surface area contributed by atoms with Gasteiger partial charge in [0.05, 0.1) is 24.1 Å². The third kappa shape index (κ3) is 5.03. The molecule has 0 radical (unpaired) electrons. The quantitative estimate of drug-likeness (QED) is 0.593. The normalized spacial score (nSPS) is 15.1. The molecule has 0 atom stereocenters. The van der Waals surface area contributed by atoms with E-state index in [1.54, 1.807) is 25.4 Å². The van der Waals surface area contributed by atoms with Crippen LogP contribution in [0, 0.1) is 0 Å². The molecule has 0 saturated carbocycles. The molecule has 168 valence electrons. The zero-order chi connectivity index (χ0) is 22.7. The molecule has 0 unspecified atom stereocenters. The second-order valence-corrected chi connectivity index (χ2v) is 10.4. The minimum atomic E-state index is -3.18. The summed E-state index contributed by atoms with van der Waals surface area (Å²) in [6, 6.07) is 13.3. The lowest BCUT2D eigenvalue weighted by atomic mass is 10.1. The van der Waals surface area contributed by atoms with Crippen molar-refractivity contribution in [3.8, 4) is 0 Å². The lowest BCUT2D eigenvalue weighted by Crippen LogP contribution is -2.49. The summed E-state index contributed by atoms with van der Waals surface area (Å²) in [7, 11) is -3.18. The highest BCUT2D eigenvalue weighted by molar-refractivity contribution is 7.89. The Labute approximate surface area is 193 Å². The van der Waals surface area contributed by atoms with E-state index < -0.39 is 10.0 Å². The maximum Gasteiger partial charge on any atom is 0.228 e. The van der Waals surface area contributed by atoms with Crippen LogP contribution in [0.25, 0.3) is 10.8 Å². The zero-order valence-electron chi connectivity index (χ0n) is 17.8. The lowest BCUT2D eigenvalue weighted by Gasteiger charge is -2.35. The Morgan fingerprint density at radius 1 is 1.09 bits per heavy atom. The average molecular weight is 473 g/mol. The smallest absolute Gasteiger partial charge is 0.228 e. The molecule has 32 heavy (non-hydrogen) atoms. The molecule has 4 rings (SSSR count). The fourth-order valence-electron chi connectivity index (χ4n) is 3.92. The molecule has 2 aromatic carbocycles. The Kier molecular flexibility index (Phi) is 6.64. The molecule has 1 aliphatic rings. The number of pyridine rings is 1. The number of halogens is 1. The predicted octanol–water partition coefficient (Wildman–Crippen LogP) is 3.54. The Balaban J connectivity index is 1.45. The van der Waals surface area contributed by atoms with Gasteiger partial charge in [-0.1, -0.05) is 35.9 Å². The number of anilines is 2. The second kappa shape index (κ2) is 9.44. The first kappa shape index (κ1) is 22.5. The highest BCUT2D eigenvalue weighted by Gasteiger charge is 2.25. The average Bonchev–Trinajstić information content (AvgIpc) is 2.79. The molecule has 7 nitrogen and oxygen atoms in total. The second-order valence-electron chi connectivity index (χ2n) is 7.74. The van der Waals surface area contributed by atoms with Crippen LogP contribution in [0.1, 0.15) is 12.5 Å². The number of aromatic nitrogens is 1. The number of piperazine rings is 1. The number of nitrogens with one attached hydrogen (secondary N) is 1. The van der Waals surface area contributed by atoms with Gasteiger partial charge in [0.25, 0.3) is 0 Å². The van der Waals surface area contributed by atoms with E-state index in [2.05, 4.69) is 15.2 Å². The minimum absolute atomic E-state index is 0.107. The summed E-state index contributed by atoms with van der Waals surface area (Å²) < 4.78 is 25.7. The van der Waals surface area contributed by atoms with E-state index in [0.717, 1.165) is 22.0 Å². The van der Waals surface area contributed by atoms with Gasteiger partial charge in [0.1, 0.15) is 0 Å². The summed E-state index contributed by atoms with van der Waals surface area (Å²) in [5.41, 5.74) is 2.35. The van der Waals surface area contributed by atoms with Crippen molar-refractivity contribution in [3.05, 3.63) is 65.4 Å². The topological polar surface area (TPSA) is 82.6 Å². The van der Waals surface area contributed by atoms with Crippen LogP contribution in [-0.2, 0) is 21.2 Å². The van der Waals surface area contributed by atoms with Crippen molar-refractivity contribution in [2.45, 2.75) is 13.3 Å². The van der Waals surface area contributed by atoms with Gasteiger partial charge in [0, 0.05) is 53.9 Å². The van der Waals surface area contributed by atoms with Crippen LogP contribution in [-0.4, -0.2) is 55.5 Å². The number of fused-ring (bicyclic) bond motifs is 1. The Morgan fingerprint density at radius 3 is 2.59 bits per heavy atom. The molecular formula is C23H25ClN4O3S. The first-order valence-corrected chi connectivity index (χ1v) is 12.5. The zero-order valence-corrected chi connectivity index (χ0v) is 19.4. The molecule has 0 spiro atoms. The third-order valence-corrected chi connectivity index (χ3v) is 7.71. The highest BCUT2D eigenvalue weighted by atomic mass is 35.5. The third-order valence-electron chi connectivity index (χ3n) is 5.61. The Hall–Kier alpha value is -2.68. The summed E-state index contributed by atoms with van der Waals surface area (Å²) in [5, 5.41) is 5.38. The van der Waals surface area contributed by atoms with Crippen LogP contribution in [0.5, 0.6) is 0 Å². The van der Waals surface area contributed by atoms with Gasteiger partial charge < -0.3 is 10.2 Å². The minimum Gasteiger partial charge on any atom is -0.369 e. The van der Waals surface area contributed by atoms with Crippen LogP contribution < -0.4 is 10.2 Å². The van der Waals surface area contributed by atoms with Gasteiger partial charge in [-0.3, -0.25) is 9.78 Å². The molecular weight excluding hydrogens is 448 g/mol. The molecule has 0 bridgehead atoms. The largest absolute Gasteiger partial charge is 0.369 e. The summed E-state index contributed by atoms with van der Waals surface area (Å²) in [4.78, 5) is 19.0. The van der Waals surface area contributed by atoms with Crippen molar-refractivity contribution in [3.63, 3.8) is 0 Å². The fourth-order valence-corrected chi connectivity index (χ4v) is 5.26. The van der Waals surface area contributed by atoms with E-state index in [1.165, 1.54) is 4.31 Å². The van der Waals surface area contributed by atoms with E-state index in [0.29, 0.717) is 36.9 Å². The monoisotopic (exact) mass is 472 g/mol. The van der Waals surface area contributed by atoms with Gasteiger partial charge in [-0.25, -0.2) is 8.42 Å². The lowest BCUT2D eigenvalue weighted by molar-refractivity contribution is -0.115. The molecule has 9 heteroatoms. The molecule has 1 amide bonds. The number of sulfonamides is 1. The van der Waals surface area contributed by atoms with E-state index in [1.807, 2.05) is 36.4 Å². The van der Waals surface area contributed by atoms with E-state index in [4.69, 9.17) is 11.6 Å². The summed E-state index contributed by atoms with van der Waals surface area (Å²) in [5.74, 6) is -0.0504. The van der Waals surface area contributed by atoms with Crippen molar-refractivity contribution in [1.29, 1.82) is 0 Å². The number of nitrogens with zero attached hydrogens (tertiary/aromatic N) is 3. The molecule has 1 fully saturated rings. The molecule has 0 aliphatic carbocycles. The molecule has 1 aliphatic heterocycles.